The summed E-state index contributed by atoms with van der Waals surface area (Å²) < 4.78 is 0. The molecule has 1 amide bonds. The van der Waals surface area contributed by atoms with Crippen LogP contribution < -0.4 is 5.32 Å². The molecule has 0 radical (unpaired) electrons. The number of hydrogen-bond acceptors (Lipinski definition) is 3. The summed E-state index contributed by atoms with van der Waals surface area (Å²) in [6.07, 6.45) is 1.76. The molecule has 1 heterocycles. The molecule has 0 aliphatic rings. The van der Waals surface area contributed by atoms with E-state index in [1.807, 2.05) is 54.6 Å². The molecule has 3 nitrogen and oxygen atoms in total. The molecule has 110 valence electrons. The molecule has 0 saturated heterocycles. The van der Waals surface area contributed by atoms with Crippen molar-refractivity contribution in [1.29, 1.82) is 0 Å². The number of carbonyl (C=O) groups is 1. The number of carbonyl (C=O) groups excluding carboxylic acids is 1. The Morgan fingerprint density at radius 3 is 2.59 bits per heavy atom. The minimum atomic E-state index is -0.0808. The summed E-state index contributed by atoms with van der Waals surface area (Å²) >= 11 is 7.29. The zero-order chi connectivity index (χ0) is 15.4. The predicted octanol–water partition coefficient (Wildman–Crippen LogP) is 4.62. The Balaban J connectivity index is 1.61. The second-order valence-electron chi connectivity index (χ2n) is 4.71. The first-order valence-corrected chi connectivity index (χ1v) is 8.10. The van der Waals surface area contributed by atoms with E-state index in [9.17, 15) is 4.79 Å². The van der Waals surface area contributed by atoms with Crippen molar-refractivity contribution in [2.75, 3.05) is 11.1 Å². The second-order valence-corrected chi connectivity index (χ2v) is 6.19. The van der Waals surface area contributed by atoms with Crippen LogP contribution in [0, 0.1) is 0 Å². The summed E-state index contributed by atoms with van der Waals surface area (Å²) in [5.74, 6) is 0.819. The van der Waals surface area contributed by atoms with E-state index in [0.717, 1.165) is 15.7 Å². The Hall–Kier alpha value is -2.04. The molecule has 0 fully saturated rings. The standard InChI is InChI=1S/C17H13ClN2OS/c18-14-5-7-15(8-6-14)22-11-17(21)20-16-9-12-3-1-2-4-13(12)10-19-16/h1-10H,11H2,(H,19,20,21). The summed E-state index contributed by atoms with van der Waals surface area (Å²) in [6, 6.07) is 17.2. The number of anilines is 1. The summed E-state index contributed by atoms with van der Waals surface area (Å²) in [5.41, 5.74) is 0. The van der Waals surface area contributed by atoms with Gasteiger partial charge in [-0.25, -0.2) is 4.98 Å². The lowest BCUT2D eigenvalue weighted by atomic mass is 10.2. The monoisotopic (exact) mass is 328 g/mol. The fourth-order valence-electron chi connectivity index (χ4n) is 2.01. The van der Waals surface area contributed by atoms with Crippen molar-refractivity contribution in [2.45, 2.75) is 4.90 Å². The molecular formula is C17H13ClN2OS. The van der Waals surface area contributed by atoms with Crippen LogP contribution in [0.25, 0.3) is 10.8 Å². The van der Waals surface area contributed by atoms with Crippen LogP contribution in [0.15, 0.2) is 65.7 Å². The summed E-state index contributed by atoms with van der Waals surface area (Å²) in [4.78, 5) is 17.3. The number of benzene rings is 2. The molecule has 0 bridgehead atoms. The molecule has 22 heavy (non-hydrogen) atoms. The van der Waals surface area contributed by atoms with E-state index in [4.69, 9.17) is 11.6 Å². The quantitative estimate of drug-likeness (QED) is 0.711. The van der Waals surface area contributed by atoms with E-state index in [1.165, 1.54) is 11.8 Å². The molecule has 5 heteroatoms. The van der Waals surface area contributed by atoms with Gasteiger partial charge in [0.2, 0.25) is 5.91 Å². The van der Waals surface area contributed by atoms with E-state index in [1.54, 1.807) is 6.20 Å². The zero-order valence-corrected chi connectivity index (χ0v) is 13.2. The van der Waals surface area contributed by atoms with Crippen molar-refractivity contribution >= 4 is 45.9 Å². The zero-order valence-electron chi connectivity index (χ0n) is 11.6. The number of nitrogens with one attached hydrogen (secondary N) is 1. The third-order valence-electron chi connectivity index (χ3n) is 3.08. The molecule has 0 saturated carbocycles. The van der Waals surface area contributed by atoms with Gasteiger partial charge >= 0.3 is 0 Å². The van der Waals surface area contributed by atoms with Gasteiger partial charge in [-0.15, -0.1) is 11.8 Å². The van der Waals surface area contributed by atoms with E-state index in [-0.39, 0.29) is 5.91 Å². The van der Waals surface area contributed by atoms with Crippen molar-refractivity contribution in [3.8, 4) is 0 Å². The minimum absolute atomic E-state index is 0.0808. The van der Waals surface area contributed by atoms with E-state index >= 15 is 0 Å². The fourth-order valence-corrected chi connectivity index (χ4v) is 2.83. The number of hydrogen-bond donors (Lipinski definition) is 1. The molecule has 2 aromatic carbocycles. The molecular weight excluding hydrogens is 316 g/mol. The Labute approximate surface area is 137 Å². The highest BCUT2D eigenvalue weighted by atomic mass is 35.5. The molecule has 1 N–H and O–H groups in total. The number of pyridine rings is 1. The molecule has 3 aromatic rings. The number of rotatable bonds is 4. The largest absolute Gasteiger partial charge is 0.310 e. The van der Waals surface area contributed by atoms with Gasteiger partial charge in [0.1, 0.15) is 5.82 Å². The van der Waals surface area contributed by atoms with Crippen LogP contribution in [-0.2, 0) is 4.79 Å². The Bertz CT molecular complexity index is 805. The molecule has 3 rings (SSSR count). The maximum atomic E-state index is 12.0. The minimum Gasteiger partial charge on any atom is -0.310 e. The normalized spacial score (nSPS) is 10.6. The summed E-state index contributed by atoms with van der Waals surface area (Å²) in [6.45, 7) is 0. The Morgan fingerprint density at radius 2 is 1.82 bits per heavy atom. The maximum absolute atomic E-state index is 12.0. The van der Waals surface area contributed by atoms with Gasteiger partial charge in [-0.2, -0.15) is 0 Å². The Kier molecular flexibility index (Phi) is 4.61. The molecule has 0 aliphatic carbocycles. The number of halogens is 1. The topological polar surface area (TPSA) is 42.0 Å². The fraction of sp³-hybridized carbons (Fsp3) is 0.0588. The van der Waals surface area contributed by atoms with Crippen LogP contribution in [0.3, 0.4) is 0 Å². The predicted molar refractivity (Wildman–Crippen MR) is 92.5 cm³/mol. The van der Waals surface area contributed by atoms with Gasteiger partial charge in [0.15, 0.2) is 0 Å². The van der Waals surface area contributed by atoms with Crippen LogP contribution >= 0.6 is 23.4 Å². The lowest BCUT2D eigenvalue weighted by Crippen LogP contribution is -2.14. The smallest absolute Gasteiger partial charge is 0.235 e. The third kappa shape index (κ3) is 3.78. The van der Waals surface area contributed by atoms with Crippen LogP contribution in [0.4, 0.5) is 5.82 Å². The lowest BCUT2D eigenvalue weighted by Gasteiger charge is -2.06. The number of fused-ring (bicyclic) bond motifs is 1. The highest BCUT2D eigenvalue weighted by molar-refractivity contribution is 8.00. The van der Waals surface area contributed by atoms with Gasteiger partial charge in [-0.1, -0.05) is 35.9 Å². The van der Waals surface area contributed by atoms with Gasteiger partial charge in [0.05, 0.1) is 5.75 Å². The first kappa shape index (κ1) is 14.9. The Morgan fingerprint density at radius 1 is 1.09 bits per heavy atom. The SMILES string of the molecule is O=C(CSc1ccc(Cl)cc1)Nc1cc2ccccc2cn1. The second kappa shape index (κ2) is 6.81. The van der Waals surface area contributed by atoms with Gasteiger partial charge in [0.25, 0.3) is 0 Å². The van der Waals surface area contributed by atoms with Gasteiger partial charge in [0, 0.05) is 21.5 Å². The number of nitrogens with zero attached hydrogens (tertiary/aromatic N) is 1. The lowest BCUT2D eigenvalue weighted by molar-refractivity contribution is -0.113. The van der Waals surface area contributed by atoms with Crippen LogP contribution in [-0.4, -0.2) is 16.6 Å². The van der Waals surface area contributed by atoms with Crippen molar-refractivity contribution < 1.29 is 4.79 Å². The van der Waals surface area contributed by atoms with Crippen LogP contribution in [0.1, 0.15) is 0 Å². The first-order chi connectivity index (χ1) is 10.7. The molecule has 1 aromatic heterocycles. The number of amides is 1. The molecule has 0 spiro atoms. The van der Waals surface area contributed by atoms with Crippen molar-refractivity contribution in [2.24, 2.45) is 0 Å². The maximum Gasteiger partial charge on any atom is 0.235 e. The third-order valence-corrected chi connectivity index (χ3v) is 4.35. The molecule has 0 unspecified atom stereocenters. The van der Waals surface area contributed by atoms with Crippen LogP contribution in [0.2, 0.25) is 5.02 Å². The van der Waals surface area contributed by atoms with Crippen molar-refractivity contribution in [3.63, 3.8) is 0 Å². The highest BCUT2D eigenvalue weighted by Gasteiger charge is 2.05. The van der Waals surface area contributed by atoms with Gasteiger partial charge in [-0.05, 0) is 35.7 Å². The van der Waals surface area contributed by atoms with Crippen molar-refractivity contribution in [3.05, 3.63) is 65.8 Å². The van der Waals surface area contributed by atoms with E-state index in [2.05, 4.69) is 10.3 Å². The van der Waals surface area contributed by atoms with Crippen molar-refractivity contribution in [1.82, 2.24) is 4.98 Å². The first-order valence-electron chi connectivity index (χ1n) is 6.74. The van der Waals surface area contributed by atoms with E-state index < -0.39 is 0 Å². The molecule has 0 aliphatic heterocycles. The average Bonchev–Trinajstić information content (AvgIpc) is 2.54. The highest BCUT2D eigenvalue weighted by Crippen LogP contribution is 2.21. The average molecular weight is 329 g/mol. The van der Waals surface area contributed by atoms with E-state index in [0.29, 0.717) is 16.6 Å². The van der Waals surface area contributed by atoms with Gasteiger partial charge < -0.3 is 5.32 Å². The number of aromatic nitrogens is 1. The molecule has 0 atom stereocenters. The number of thioether (sulfide) groups is 1. The van der Waals surface area contributed by atoms with Crippen LogP contribution in [0.5, 0.6) is 0 Å². The summed E-state index contributed by atoms with van der Waals surface area (Å²) in [7, 11) is 0. The van der Waals surface area contributed by atoms with Gasteiger partial charge in [-0.3, -0.25) is 4.79 Å². The summed E-state index contributed by atoms with van der Waals surface area (Å²) in [5, 5.41) is 5.61.